The summed E-state index contributed by atoms with van der Waals surface area (Å²) in [6, 6.07) is 2.89. The maximum absolute atomic E-state index is 13.9. The Morgan fingerprint density at radius 3 is 3.11 bits per heavy atom. The Morgan fingerprint density at radius 2 is 2.22 bits per heavy atom. The second-order valence-electron chi connectivity index (χ2n) is 4.80. The van der Waals surface area contributed by atoms with Crippen molar-refractivity contribution in [3.05, 3.63) is 39.6 Å². The number of halogens is 1. The van der Waals surface area contributed by atoms with Gasteiger partial charge < -0.3 is 5.32 Å². The van der Waals surface area contributed by atoms with E-state index < -0.39 is 0 Å². The lowest BCUT2D eigenvalue weighted by molar-refractivity contribution is 0.589. The van der Waals surface area contributed by atoms with Crippen LogP contribution in [0.4, 0.5) is 10.1 Å². The average molecular weight is 243 g/mol. The summed E-state index contributed by atoms with van der Waals surface area (Å²) in [5.41, 5.74) is 1.85. The molecule has 2 aromatic rings. The molecule has 1 aromatic carbocycles. The Labute approximate surface area is 102 Å². The second-order valence-corrected chi connectivity index (χ2v) is 4.80. The molecule has 1 N–H and O–H groups in total. The quantitative estimate of drug-likeness (QED) is 0.768. The first-order chi connectivity index (χ1) is 8.75. The van der Waals surface area contributed by atoms with Crippen LogP contribution in [-0.4, -0.2) is 10.2 Å². The first-order valence-corrected chi connectivity index (χ1v) is 6.04. The van der Waals surface area contributed by atoms with Gasteiger partial charge in [0.15, 0.2) is 0 Å². The Balaban J connectivity index is 2.29. The summed E-state index contributed by atoms with van der Waals surface area (Å²) < 4.78 is 13.9. The van der Waals surface area contributed by atoms with Crippen molar-refractivity contribution in [1.82, 2.24) is 10.2 Å². The predicted octanol–water partition coefficient (Wildman–Crippen LogP) is 1.93. The van der Waals surface area contributed by atoms with Crippen LogP contribution in [0.2, 0.25) is 0 Å². The van der Waals surface area contributed by atoms with Crippen molar-refractivity contribution in [1.29, 1.82) is 0 Å². The Morgan fingerprint density at radius 1 is 1.33 bits per heavy atom. The monoisotopic (exact) mass is 243 g/mol. The molecule has 1 aromatic heterocycles. The van der Waals surface area contributed by atoms with Crippen LogP contribution in [0.15, 0.2) is 16.9 Å². The highest BCUT2D eigenvalue weighted by Gasteiger charge is 2.32. The fraction of sp³-hybridized carbons (Fsp3) is 0.308. The van der Waals surface area contributed by atoms with Gasteiger partial charge in [-0.1, -0.05) is 0 Å². The largest absolute Gasteiger partial charge is 0.375 e. The molecule has 0 saturated carbocycles. The van der Waals surface area contributed by atoms with Crippen LogP contribution in [0.3, 0.4) is 0 Å². The first kappa shape index (κ1) is 9.94. The molecule has 4 nitrogen and oxygen atoms in total. The van der Waals surface area contributed by atoms with Crippen LogP contribution in [0, 0.1) is 5.82 Å². The number of rotatable bonds is 0. The maximum atomic E-state index is 13.9. The third-order valence-corrected chi connectivity index (χ3v) is 3.80. The van der Waals surface area contributed by atoms with E-state index >= 15 is 0 Å². The van der Waals surface area contributed by atoms with Crippen molar-refractivity contribution in [3.63, 3.8) is 0 Å². The minimum atomic E-state index is -0.386. The molecule has 1 atom stereocenters. The van der Waals surface area contributed by atoms with E-state index in [1.54, 1.807) is 0 Å². The molecule has 0 fully saturated rings. The Hall–Kier alpha value is -2.04. The van der Waals surface area contributed by atoms with E-state index in [-0.39, 0.29) is 17.4 Å². The van der Waals surface area contributed by atoms with E-state index in [1.165, 1.54) is 12.1 Å². The van der Waals surface area contributed by atoms with Crippen LogP contribution in [-0.2, 0) is 6.42 Å². The standard InChI is InChI=1S/C13H10FN3O/c14-7-5-4-6-10-11-8(15-12(7)10)2-1-3-9(11)16-17-13(6)18/h4-5,8,15H,1-3H2. The van der Waals surface area contributed by atoms with Crippen LogP contribution in [0.25, 0.3) is 10.8 Å². The van der Waals surface area contributed by atoms with Crippen molar-refractivity contribution in [2.24, 2.45) is 0 Å². The van der Waals surface area contributed by atoms with E-state index in [4.69, 9.17) is 0 Å². The van der Waals surface area contributed by atoms with E-state index in [2.05, 4.69) is 15.5 Å². The SMILES string of the molecule is O=c1nnc2c3c4c(c(F)ccc14)NC3CCC2. The van der Waals surface area contributed by atoms with E-state index in [9.17, 15) is 9.18 Å². The molecule has 0 amide bonds. The highest BCUT2D eigenvalue weighted by molar-refractivity contribution is 5.99. The summed E-state index contributed by atoms with van der Waals surface area (Å²) in [5, 5.41) is 12.1. The van der Waals surface area contributed by atoms with Gasteiger partial charge in [0.05, 0.1) is 22.8 Å². The van der Waals surface area contributed by atoms with Gasteiger partial charge in [-0.15, -0.1) is 5.10 Å². The number of nitrogens with zero attached hydrogens (tertiary/aromatic N) is 2. The summed E-state index contributed by atoms with van der Waals surface area (Å²) in [4.78, 5) is 11.9. The molecule has 0 spiro atoms. The fourth-order valence-corrected chi connectivity index (χ4v) is 3.03. The minimum Gasteiger partial charge on any atom is -0.375 e. The molecule has 1 unspecified atom stereocenters. The van der Waals surface area contributed by atoms with E-state index in [1.807, 2.05) is 0 Å². The van der Waals surface area contributed by atoms with Gasteiger partial charge >= 0.3 is 0 Å². The van der Waals surface area contributed by atoms with E-state index in [0.717, 1.165) is 30.5 Å². The van der Waals surface area contributed by atoms with Crippen molar-refractivity contribution < 1.29 is 4.39 Å². The smallest absolute Gasteiger partial charge is 0.296 e. The van der Waals surface area contributed by atoms with Crippen molar-refractivity contribution >= 4 is 16.5 Å². The van der Waals surface area contributed by atoms with Crippen LogP contribution in [0.1, 0.15) is 30.1 Å². The van der Waals surface area contributed by atoms with Gasteiger partial charge in [-0.05, 0) is 31.4 Å². The fourth-order valence-electron chi connectivity index (χ4n) is 3.03. The molecule has 0 bridgehead atoms. The zero-order valence-corrected chi connectivity index (χ0v) is 9.53. The number of hydrogen-bond donors (Lipinski definition) is 1. The van der Waals surface area contributed by atoms with Crippen LogP contribution >= 0.6 is 0 Å². The summed E-state index contributed by atoms with van der Waals surface area (Å²) >= 11 is 0. The lowest BCUT2D eigenvalue weighted by Crippen LogP contribution is -2.14. The minimum absolute atomic E-state index is 0.0734. The third-order valence-electron chi connectivity index (χ3n) is 3.80. The highest BCUT2D eigenvalue weighted by atomic mass is 19.1. The van der Waals surface area contributed by atoms with Gasteiger partial charge in [-0.25, -0.2) is 4.39 Å². The molecule has 1 aliphatic heterocycles. The molecule has 2 aliphatic rings. The number of hydrogen-bond acceptors (Lipinski definition) is 4. The Kier molecular flexibility index (Phi) is 1.79. The van der Waals surface area contributed by atoms with Gasteiger partial charge in [0.25, 0.3) is 5.56 Å². The molecule has 0 radical (unpaired) electrons. The van der Waals surface area contributed by atoms with Crippen molar-refractivity contribution in [3.8, 4) is 0 Å². The first-order valence-electron chi connectivity index (χ1n) is 6.04. The molecule has 0 saturated heterocycles. The number of anilines is 1. The lowest BCUT2D eigenvalue weighted by Gasteiger charge is -2.19. The topological polar surface area (TPSA) is 54.9 Å². The summed E-state index contributed by atoms with van der Waals surface area (Å²) in [7, 11) is 0. The molecule has 4 rings (SSSR count). The molecule has 1 aliphatic carbocycles. The molecule has 90 valence electrons. The Bertz CT molecular complexity index is 744. The van der Waals surface area contributed by atoms with Crippen LogP contribution in [0.5, 0.6) is 0 Å². The zero-order chi connectivity index (χ0) is 12.3. The highest BCUT2D eigenvalue weighted by Crippen LogP contribution is 2.44. The van der Waals surface area contributed by atoms with Gasteiger partial charge in [-0.3, -0.25) is 4.79 Å². The number of nitrogens with one attached hydrogen (secondary N) is 1. The van der Waals surface area contributed by atoms with Crippen LogP contribution < -0.4 is 10.9 Å². The van der Waals surface area contributed by atoms with Crippen molar-refractivity contribution in [2.75, 3.05) is 5.32 Å². The summed E-state index contributed by atoms with van der Waals surface area (Å²) in [6.07, 6.45) is 2.73. The number of aryl methyl sites for hydroxylation is 1. The zero-order valence-electron chi connectivity index (χ0n) is 9.53. The normalized spacial score (nSPS) is 19.9. The molecule has 2 heterocycles. The molecular weight excluding hydrogens is 233 g/mol. The predicted molar refractivity (Wildman–Crippen MR) is 65.1 cm³/mol. The summed E-state index contributed by atoms with van der Waals surface area (Å²) in [5.74, 6) is -0.315. The number of aromatic nitrogens is 2. The van der Waals surface area contributed by atoms with Gasteiger partial charge in [-0.2, -0.15) is 5.10 Å². The van der Waals surface area contributed by atoms with Gasteiger partial charge in [0.1, 0.15) is 5.82 Å². The number of benzene rings is 1. The van der Waals surface area contributed by atoms with E-state index in [0.29, 0.717) is 16.5 Å². The second kappa shape index (κ2) is 3.25. The van der Waals surface area contributed by atoms with Crippen molar-refractivity contribution in [2.45, 2.75) is 25.3 Å². The molecule has 18 heavy (non-hydrogen) atoms. The van der Waals surface area contributed by atoms with Gasteiger partial charge in [0, 0.05) is 10.9 Å². The van der Waals surface area contributed by atoms with Gasteiger partial charge in [0.2, 0.25) is 0 Å². The summed E-state index contributed by atoms with van der Waals surface area (Å²) in [6.45, 7) is 0. The maximum Gasteiger partial charge on any atom is 0.296 e. The molecule has 5 heteroatoms. The molecular formula is C13H10FN3O. The lowest BCUT2D eigenvalue weighted by atomic mass is 9.92. The average Bonchev–Trinajstić information content (AvgIpc) is 2.70. The third kappa shape index (κ3) is 1.11.